The van der Waals surface area contributed by atoms with E-state index in [0.29, 0.717) is 35.0 Å². The average molecular weight is 376 g/mol. The fourth-order valence-corrected chi connectivity index (χ4v) is 4.75. The van der Waals surface area contributed by atoms with Gasteiger partial charge in [0.15, 0.2) is 0 Å². The molecule has 2 aromatic rings. The van der Waals surface area contributed by atoms with Gasteiger partial charge in [0.1, 0.15) is 11.4 Å². The van der Waals surface area contributed by atoms with Crippen molar-refractivity contribution in [1.29, 1.82) is 0 Å². The van der Waals surface area contributed by atoms with Gasteiger partial charge in [-0.05, 0) is 30.4 Å². The maximum atomic E-state index is 14.4. The fourth-order valence-electron chi connectivity index (χ4n) is 4.75. The summed E-state index contributed by atoms with van der Waals surface area (Å²) in [7, 11) is 1.53. The highest BCUT2D eigenvalue weighted by Gasteiger charge is 2.69. The average Bonchev–Trinajstić information content (AvgIpc) is 2.95. The summed E-state index contributed by atoms with van der Waals surface area (Å²) < 4.78 is 34.0. The number of aromatic nitrogens is 2. The van der Waals surface area contributed by atoms with Gasteiger partial charge in [0, 0.05) is 12.0 Å². The Hall–Kier alpha value is -1.98. The van der Waals surface area contributed by atoms with Gasteiger partial charge >= 0.3 is 0 Å². The molecular formula is C21H26F2N2O2. The van der Waals surface area contributed by atoms with E-state index in [0.717, 1.165) is 12.8 Å². The summed E-state index contributed by atoms with van der Waals surface area (Å²) in [6.07, 6.45) is 6.06. The van der Waals surface area contributed by atoms with Crippen LogP contribution >= 0.6 is 0 Å². The molecule has 2 saturated carbocycles. The number of hydrogen-bond donors (Lipinski definition) is 1. The molecule has 1 heterocycles. The van der Waals surface area contributed by atoms with Gasteiger partial charge < -0.3 is 9.84 Å². The third-order valence-corrected chi connectivity index (χ3v) is 6.50. The quantitative estimate of drug-likeness (QED) is 0.743. The molecule has 1 aromatic carbocycles. The van der Waals surface area contributed by atoms with Crippen molar-refractivity contribution >= 4 is 11.0 Å². The molecule has 2 aliphatic carbocycles. The molecule has 0 bridgehead atoms. The molecule has 0 spiro atoms. The van der Waals surface area contributed by atoms with E-state index in [-0.39, 0.29) is 5.69 Å². The Kier molecular flexibility index (Phi) is 4.68. The highest BCUT2D eigenvalue weighted by molar-refractivity contribution is 5.77. The van der Waals surface area contributed by atoms with Gasteiger partial charge in [0.25, 0.3) is 5.92 Å². The molecule has 2 aliphatic rings. The summed E-state index contributed by atoms with van der Waals surface area (Å²) in [6, 6.07) is 5.03. The molecule has 0 saturated heterocycles. The zero-order valence-electron chi connectivity index (χ0n) is 15.8. The molecule has 6 heteroatoms. The van der Waals surface area contributed by atoms with Crippen molar-refractivity contribution < 1.29 is 18.6 Å². The van der Waals surface area contributed by atoms with Gasteiger partial charge in [-0.15, -0.1) is 0 Å². The maximum Gasteiger partial charge on any atom is 0.260 e. The minimum Gasteiger partial charge on any atom is -0.497 e. The van der Waals surface area contributed by atoms with E-state index in [1.54, 1.807) is 18.2 Å². The van der Waals surface area contributed by atoms with Gasteiger partial charge in [0.05, 0.1) is 24.1 Å². The topological polar surface area (TPSA) is 55.2 Å². The lowest BCUT2D eigenvalue weighted by Gasteiger charge is -2.14. The van der Waals surface area contributed by atoms with Crippen molar-refractivity contribution in [2.75, 3.05) is 7.11 Å². The van der Waals surface area contributed by atoms with Crippen LogP contribution in [0.15, 0.2) is 18.2 Å². The van der Waals surface area contributed by atoms with Crippen LogP contribution in [-0.4, -0.2) is 28.1 Å². The van der Waals surface area contributed by atoms with Crippen LogP contribution in [0.25, 0.3) is 11.0 Å². The number of methoxy groups -OCH3 is 1. The molecule has 1 N–H and O–H groups in total. The van der Waals surface area contributed by atoms with Crippen molar-refractivity contribution in [2.24, 2.45) is 17.8 Å². The first-order chi connectivity index (χ1) is 12.9. The summed E-state index contributed by atoms with van der Waals surface area (Å²) in [5, 5.41) is 10.2. The van der Waals surface area contributed by atoms with E-state index < -0.39 is 23.6 Å². The highest BCUT2D eigenvalue weighted by Crippen LogP contribution is 2.64. The van der Waals surface area contributed by atoms with Crippen molar-refractivity contribution in [3.8, 4) is 11.6 Å². The Morgan fingerprint density at radius 3 is 2.70 bits per heavy atom. The highest BCUT2D eigenvalue weighted by atomic mass is 19.3. The second-order valence-corrected chi connectivity index (χ2v) is 8.14. The summed E-state index contributed by atoms with van der Waals surface area (Å²) in [5.74, 6) is -3.00. The molecule has 27 heavy (non-hydrogen) atoms. The molecule has 146 valence electrons. The molecule has 1 aromatic heterocycles. The zero-order valence-corrected chi connectivity index (χ0v) is 15.8. The van der Waals surface area contributed by atoms with E-state index in [4.69, 9.17) is 4.74 Å². The van der Waals surface area contributed by atoms with Crippen molar-refractivity contribution in [2.45, 2.75) is 57.3 Å². The summed E-state index contributed by atoms with van der Waals surface area (Å²) in [4.78, 5) is 8.39. The van der Waals surface area contributed by atoms with Gasteiger partial charge in [0.2, 0.25) is 5.88 Å². The monoisotopic (exact) mass is 376 g/mol. The number of fused-ring (bicyclic) bond motifs is 1. The first-order valence-electron chi connectivity index (χ1n) is 9.84. The normalized spacial score (nSPS) is 29.2. The van der Waals surface area contributed by atoms with Gasteiger partial charge in [-0.2, -0.15) is 0 Å². The summed E-state index contributed by atoms with van der Waals surface area (Å²) in [6.45, 7) is 2.27. The minimum absolute atomic E-state index is 0.0249. The number of nitrogens with zero attached hydrogens (tertiary/aromatic N) is 2. The number of benzene rings is 1. The lowest BCUT2D eigenvalue weighted by Crippen LogP contribution is -2.04. The lowest BCUT2D eigenvalue weighted by atomic mass is 9.92. The number of aromatic hydroxyl groups is 1. The molecule has 2 fully saturated rings. The number of ether oxygens (including phenoxy) is 1. The van der Waals surface area contributed by atoms with Crippen LogP contribution < -0.4 is 4.74 Å². The number of halogens is 2. The van der Waals surface area contributed by atoms with Crippen LogP contribution in [0.4, 0.5) is 8.78 Å². The molecule has 0 amide bonds. The standard InChI is InChI=1S/C21H26F2N2O2/c1-12-5-3-6-13(12)7-4-8-15-18(21(15,22)23)19-20(26)25-17-11-14(27-2)9-10-16(17)24-19/h9-13,15,18H,3-8H2,1-2H3,(H,25,26)/t12?,13-,15?,18?/m0/s1. The molecule has 4 nitrogen and oxygen atoms in total. The largest absolute Gasteiger partial charge is 0.497 e. The predicted octanol–water partition coefficient (Wildman–Crippen LogP) is 5.30. The van der Waals surface area contributed by atoms with Crippen molar-refractivity contribution in [1.82, 2.24) is 9.97 Å². The predicted molar refractivity (Wildman–Crippen MR) is 99.3 cm³/mol. The third kappa shape index (κ3) is 3.34. The lowest BCUT2D eigenvalue weighted by molar-refractivity contribution is 0.0900. The van der Waals surface area contributed by atoms with Gasteiger partial charge in [-0.25, -0.2) is 18.7 Å². The minimum atomic E-state index is -2.81. The molecule has 0 aliphatic heterocycles. The third-order valence-electron chi connectivity index (χ3n) is 6.50. The smallest absolute Gasteiger partial charge is 0.260 e. The Morgan fingerprint density at radius 2 is 2.00 bits per heavy atom. The summed E-state index contributed by atoms with van der Waals surface area (Å²) in [5.41, 5.74) is 0.952. The second kappa shape index (κ2) is 6.88. The van der Waals surface area contributed by atoms with Crippen LogP contribution in [-0.2, 0) is 0 Å². The maximum absolute atomic E-state index is 14.4. The first kappa shape index (κ1) is 18.4. The molecule has 4 atom stereocenters. The van der Waals surface area contributed by atoms with E-state index in [2.05, 4.69) is 16.9 Å². The number of hydrogen-bond acceptors (Lipinski definition) is 4. The van der Waals surface area contributed by atoms with E-state index in [1.807, 2.05) is 0 Å². The van der Waals surface area contributed by atoms with Crippen LogP contribution in [0.2, 0.25) is 0 Å². The Labute approximate surface area is 158 Å². The Balaban J connectivity index is 1.48. The molecular weight excluding hydrogens is 350 g/mol. The van der Waals surface area contributed by atoms with E-state index >= 15 is 0 Å². The van der Waals surface area contributed by atoms with Crippen molar-refractivity contribution in [3.05, 3.63) is 23.9 Å². The molecule has 4 rings (SSSR count). The Bertz CT molecular complexity index is 842. The van der Waals surface area contributed by atoms with E-state index in [9.17, 15) is 13.9 Å². The second-order valence-electron chi connectivity index (χ2n) is 8.14. The summed E-state index contributed by atoms with van der Waals surface area (Å²) >= 11 is 0. The molecule has 3 unspecified atom stereocenters. The van der Waals surface area contributed by atoms with E-state index in [1.165, 1.54) is 26.4 Å². The van der Waals surface area contributed by atoms with Crippen molar-refractivity contribution in [3.63, 3.8) is 0 Å². The Morgan fingerprint density at radius 1 is 1.19 bits per heavy atom. The first-order valence-corrected chi connectivity index (χ1v) is 9.84. The zero-order chi connectivity index (χ0) is 19.2. The molecule has 0 radical (unpaired) electrons. The van der Waals surface area contributed by atoms with Crippen LogP contribution in [0.3, 0.4) is 0 Å². The van der Waals surface area contributed by atoms with Gasteiger partial charge in [-0.3, -0.25) is 0 Å². The SMILES string of the molecule is COc1ccc2nc(C3C(CCC[C@@H]4CCCC4C)C3(F)F)c(O)nc2c1. The fraction of sp³-hybridized carbons (Fsp3) is 0.619. The van der Waals surface area contributed by atoms with Crippen LogP contribution in [0.1, 0.15) is 57.1 Å². The number of alkyl halides is 2. The van der Waals surface area contributed by atoms with Gasteiger partial charge in [-0.1, -0.05) is 39.0 Å². The number of rotatable bonds is 6. The van der Waals surface area contributed by atoms with Crippen LogP contribution in [0.5, 0.6) is 11.6 Å². The van der Waals surface area contributed by atoms with Crippen LogP contribution in [0, 0.1) is 17.8 Å².